The van der Waals surface area contributed by atoms with E-state index in [0.29, 0.717) is 0 Å². The molecule has 0 saturated heterocycles. The Labute approximate surface area is 160 Å². The first-order chi connectivity index (χ1) is 12.4. The molecule has 136 valence electrons. The zero-order valence-electron chi connectivity index (χ0n) is 14.4. The minimum absolute atomic E-state index is 0.0916. The van der Waals surface area contributed by atoms with Gasteiger partial charge < -0.3 is 0 Å². The fourth-order valence-electron chi connectivity index (χ4n) is 4.72. The van der Waals surface area contributed by atoms with E-state index in [1.165, 1.54) is 35.3 Å². The largest absolute Gasteiger partial charge is 0.416 e. The highest BCUT2D eigenvalue weighted by Gasteiger charge is 2.43. The molecule has 1 fully saturated rings. The molecule has 0 nitrogen and oxygen atoms in total. The molecule has 1 saturated carbocycles. The lowest BCUT2D eigenvalue weighted by atomic mass is 9.60. The zero-order chi connectivity index (χ0) is 18.4. The molecule has 4 heteroatoms. The van der Waals surface area contributed by atoms with Gasteiger partial charge in [-0.15, -0.1) is 0 Å². The summed E-state index contributed by atoms with van der Waals surface area (Å²) in [7, 11) is 0. The van der Waals surface area contributed by atoms with Crippen molar-refractivity contribution in [2.75, 3.05) is 0 Å². The van der Waals surface area contributed by atoms with E-state index in [-0.39, 0.29) is 5.41 Å². The second-order valence-electron chi connectivity index (χ2n) is 7.33. The third-order valence-corrected chi connectivity index (χ3v) is 6.51. The van der Waals surface area contributed by atoms with E-state index in [9.17, 15) is 13.2 Å². The fraction of sp³-hybridized carbons (Fsp3) is 0.364. The first kappa shape index (κ1) is 17.8. The van der Waals surface area contributed by atoms with Gasteiger partial charge in [0, 0.05) is 16.3 Å². The Balaban J connectivity index is 1.86. The summed E-state index contributed by atoms with van der Waals surface area (Å²) in [5.41, 5.74) is 4.10. The lowest BCUT2D eigenvalue weighted by Crippen LogP contribution is -2.34. The molecule has 4 rings (SSSR count). The normalized spacial score (nSPS) is 19.5. The van der Waals surface area contributed by atoms with Crippen LogP contribution in [0.2, 0.25) is 0 Å². The summed E-state index contributed by atoms with van der Waals surface area (Å²) in [6.07, 6.45) is 2.13. The summed E-state index contributed by atoms with van der Waals surface area (Å²) < 4.78 is 40.0. The Hall–Kier alpha value is -1.55. The average Bonchev–Trinajstić information content (AvgIpc) is 2.62. The van der Waals surface area contributed by atoms with E-state index in [2.05, 4.69) is 40.2 Å². The summed E-state index contributed by atoms with van der Waals surface area (Å²) in [5.74, 6) is 0. The van der Waals surface area contributed by atoms with Gasteiger partial charge in [0.25, 0.3) is 0 Å². The van der Waals surface area contributed by atoms with Gasteiger partial charge in [-0.3, -0.25) is 0 Å². The summed E-state index contributed by atoms with van der Waals surface area (Å²) in [5, 5.41) is 0. The van der Waals surface area contributed by atoms with E-state index in [1.54, 1.807) is 12.1 Å². The highest BCUT2D eigenvalue weighted by Crippen LogP contribution is 2.55. The SMILES string of the molecule is FC(F)(F)c1ccc(C2=C(Br)Cc3ccccc3C23CCCCC3)cc1. The van der Waals surface area contributed by atoms with Gasteiger partial charge in [-0.05, 0) is 47.2 Å². The standard InChI is InChI=1S/C22H20BrF3/c23-19-14-16-6-2-3-7-18(16)21(12-4-1-5-13-21)20(19)15-8-10-17(11-9-15)22(24,25)26/h2-3,6-11H,1,4-5,12-14H2. The number of fused-ring (bicyclic) bond motifs is 2. The van der Waals surface area contributed by atoms with Gasteiger partial charge in [0.15, 0.2) is 0 Å². The van der Waals surface area contributed by atoms with Crippen molar-refractivity contribution >= 4 is 21.5 Å². The van der Waals surface area contributed by atoms with Crippen LogP contribution in [0.1, 0.15) is 54.4 Å². The average molecular weight is 421 g/mol. The van der Waals surface area contributed by atoms with Gasteiger partial charge >= 0.3 is 6.18 Å². The molecular weight excluding hydrogens is 401 g/mol. The first-order valence-corrected chi connectivity index (χ1v) is 9.86. The zero-order valence-corrected chi connectivity index (χ0v) is 16.0. The molecule has 0 atom stereocenters. The van der Waals surface area contributed by atoms with Gasteiger partial charge in [-0.2, -0.15) is 13.2 Å². The van der Waals surface area contributed by atoms with Gasteiger partial charge in [-0.25, -0.2) is 0 Å². The highest BCUT2D eigenvalue weighted by molar-refractivity contribution is 9.11. The lowest BCUT2D eigenvalue weighted by Gasteiger charge is -2.45. The van der Waals surface area contributed by atoms with Gasteiger partial charge in [0.05, 0.1) is 5.56 Å². The minimum Gasteiger partial charge on any atom is -0.166 e. The fourth-order valence-corrected chi connectivity index (χ4v) is 5.64. The van der Waals surface area contributed by atoms with Crippen molar-refractivity contribution in [3.63, 3.8) is 0 Å². The first-order valence-electron chi connectivity index (χ1n) is 9.07. The maximum absolute atomic E-state index is 13.0. The molecule has 2 aromatic rings. The van der Waals surface area contributed by atoms with Crippen molar-refractivity contribution in [3.05, 3.63) is 75.3 Å². The molecular formula is C22H20BrF3. The Bertz CT molecular complexity index is 840. The summed E-state index contributed by atoms with van der Waals surface area (Å²) in [6, 6.07) is 14.2. The van der Waals surface area contributed by atoms with Crippen molar-refractivity contribution in [1.29, 1.82) is 0 Å². The highest BCUT2D eigenvalue weighted by atomic mass is 79.9. The van der Waals surface area contributed by atoms with Crippen LogP contribution in [-0.4, -0.2) is 0 Å². The van der Waals surface area contributed by atoms with Crippen molar-refractivity contribution < 1.29 is 13.2 Å². The van der Waals surface area contributed by atoms with Crippen LogP contribution in [0.4, 0.5) is 13.2 Å². The van der Waals surface area contributed by atoms with Crippen LogP contribution in [-0.2, 0) is 18.0 Å². The monoisotopic (exact) mass is 420 g/mol. The summed E-state index contributed by atoms with van der Waals surface area (Å²) in [6.45, 7) is 0. The molecule has 0 heterocycles. The number of benzene rings is 2. The number of hydrogen-bond donors (Lipinski definition) is 0. The third-order valence-electron chi connectivity index (χ3n) is 5.84. The number of alkyl halides is 3. The molecule has 0 radical (unpaired) electrons. The maximum atomic E-state index is 13.0. The van der Waals surface area contributed by atoms with Crippen LogP contribution in [0.5, 0.6) is 0 Å². The molecule has 1 spiro atoms. The Morgan fingerprint density at radius 1 is 0.846 bits per heavy atom. The predicted octanol–water partition coefficient (Wildman–Crippen LogP) is 7.27. The van der Waals surface area contributed by atoms with Crippen LogP contribution in [0.3, 0.4) is 0 Å². The van der Waals surface area contributed by atoms with Crippen molar-refractivity contribution in [2.24, 2.45) is 0 Å². The van der Waals surface area contributed by atoms with Crippen molar-refractivity contribution in [1.82, 2.24) is 0 Å². The molecule has 2 aliphatic carbocycles. The Morgan fingerprint density at radius 2 is 1.50 bits per heavy atom. The van der Waals surface area contributed by atoms with E-state index >= 15 is 0 Å². The van der Waals surface area contributed by atoms with Crippen LogP contribution < -0.4 is 0 Å². The molecule has 26 heavy (non-hydrogen) atoms. The van der Waals surface area contributed by atoms with E-state index < -0.39 is 11.7 Å². The molecule has 0 amide bonds. The summed E-state index contributed by atoms with van der Waals surface area (Å²) in [4.78, 5) is 0. The molecule has 0 aliphatic heterocycles. The smallest absolute Gasteiger partial charge is 0.166 e. The second-order valence-corrected chi connectivity index (χ2v) is 8.29. The van der Waals surface area contributed by atoms with Gasteiger partial charge in [0.1, 0.15) is 0 Å². The van der Waals surface area contributed by atoms with Gasteiger partial charge in [0.2, 0.25) is 0 Å². The number of halogens is 4. The van der Waals surface area contributed by atoms with Crippen LogP contribution in [0, 0.1) is 0 Å². The second kappa shape index (κ2) is 6.56. The van der Waals surface area contributed by atoms with Crippen molar-refractivity contribution in [2.45, 2.75) is 50.1 Å². The van der Waals surface area contributed by atoms with Crippen molar-refractivity contribution in [3.8, 4) is 0 Å². The van der Waals surface area contributed by atoms with Gasteiger partial charge in [-0.1, -0.05) is 71.6 Å². The third kappa shape index (κ3) is 2.92. The molecule has 0 bridgehead atoms. The number of allylic oxidation sites excluding steroid dienone is 2. The lowest BCUT2D eigenvalue weighted by molar-refractivity contribution is -0.137. The van der Waals surface area contributed by atoms with E-state index in [4.69, 9.17) is 0 Å². The van der Waals surface area contributed by atoms with Crippen LogP contribution in [0.15, 0.2) is 53.0 Å². The quantitative estimate of drug-likeness (QED) is 0.454. The number of hydrogen-bond acceptors (Lipinski definition) is 0. The van der Waals surface area contributed by atoms with E-state index in [0.717, 1.165) is 42.1 Å². The molecule has 0 N–H and O–H groups in total. The maximum Gasteiger partial charge on any atom is 0.416 e. The Kier molecular flexibility index (Phi) is 4.50. The molecule has 2 aromatic carbocycles. The van der Waals surface area contributed by atoms with E-state index in [1.807, 2.05) is 0 Å². The minimum atomic E-state index is -4.30. The Morgan fingerprint density at radius 3 is 2.15 bits per heavy atom. The molecule has 0 unspecified atom stereocenters. The molecule has 2 aliphatic rings. The summed E-state index contributed by atoms with van der Waals surface area (Å²) >= 11 is 3.79. The number of rotatable bonds is 1. The van der Waals surface area contributed by atoms with Crippen LogP contribution in [0.25, 0.3) is 5.57 Å². The predicted molar refractivity (Wildman–Crippen MR) is 102 cm³/mol. The van der Waals surface area contributed by atoms with Crippen LogP contribution >= 0.6 is 15.9 Å². The molecule has 0 aromatic heterocycles. The topological polar surface area (TPSA) is 0 Å².